The topological polar surface area (TPSA) is 41.6 Å². The predicted octanol–water partition coefficient (Wildman–Crippen LogP) is 5.70. The Balaban J connectivity index is 1.61. The van der Waals surface area contributed by atoms with Crippen molar-refractivity contribution >= 4 is 11.6 Å². The molecular formula is C24H21F7N2O2. The molecule has 2 aromatic rings. The van der Waals surface area contributed by atoms with Crippen molar-refractivity contribution in [2.45, 2.75) is 37.5 Å². The Morgan fingerprint density at radius 3 is 2.17 bits per heavy atom. The lowest BCUT2D eigenvalue weighted by Gasteiger charge is -2.45. The van der Waals surface area contributed by atoms with Crippen LogP contribution < -0.4 is 5.48 Å². The van der Waals surface area contributed by atoms with E-state index < -0.39 is 34.7 Å². The highest BCUT2D eigenvalue weighted by Crippen LogP contribution is 2.48. The van der Waals surface area contributed by atoms with Gasteiger partial charge in [-0.3, -0.25) is 15.1 Å². The van der Waals surface area contributed by atoms with Crippen molar-refractivity contribution in [1.82, 2.24) is 10.4 Å². The van der Waals surface area contributed by atoms with E-state index in [9.17, 15) is 31.1 Å². The summed E-state index contributed by atoms with van der Waals surface area (Å²) < 4.78 is 96.7. The molecule has 1 amide bonds. The lowest BCUT2D eigenvalue weighted by molar-refractivity contribution is -0.269. The fraction of sp³-hybridized carbons (Fsp3) is 0.375. The van der Waals surface area contributed by atoms with Gasteiger partial charge in [0, 0.05) is 11.5 Å². The van der Waals surface area contributed by atoms with Crippen LogP contribution in [0.15, 0.2) is 54.6 Å². The molecule has 2 aliphatic rings. The Morgan fingerprint density at radius 1 is 1.00 bits per heavy atom. The van der Waals surface area contributed by atoms with E-state index in [1.807, 2.05) is 0 Å². The zero-order valence-electron chi connectivity index (χ0n) is 18.6. The van der Waals surface area contributed by atoms with E-state index in [4.69, 9.17) is 4.84 Å². The van der Waals surface area contributed by atoms with Crippen LogP contribution in [0.4, 0.5) is 30.7 Å². The van der Waals surface area contributed by atoms with E-state index in [1.165, 1.54) is 29.2 Å². The van der Waals surface area contributed by atoms with Gasteiger partial charge in [0.15, 0.2) is 5.67 Å². The number of nitrogens with zero attached hydrogens (tertiary/aromatic N) is 1. The average molecular weight is 502 g/mol. The zero-order valence-corrected chi connectivity index (χ0v) is 18.6. The smallest absolute Gasteiger partial charge is 0.335 e. The van der Waals surface area contributed by atoms with Crippen molar-refractivity contribution in [1.29, 1.82) is 0 Å². The first-order valence-electron chi connectivity index (χ1n) is 10.7. The number of halogens is 7. The van der Waals surface area contributed by atoms with E-state index in [0.29, 0.717) is 18.2 Å². The number of carbonyl (C=O) groups excluding carboxylic acids is 1. The highest BCUT2D eigenvalue weighted by Gasteiger charge is 2.60. The van der Waals surface area contributed by atoms with Crippen LogP contribution in [0.5, 0.6) is 0 Å². The van der Waals surface area contributed by atoms with Gasteiger partial charge in [-0.15, -0.1) is 0 Å². The second-order valence-corrected chi connectivity index (χ2v) is 8.97. The molecule has 35 heavy (non-hydrogen) atoms. The molecule has 0 bridgehead atoms. The van der Waals surface area contributed by atoms with Crippen LogP contribution in [0.1, 0.15) is 36.1 Å². The lowest BCUT2D eigenvalue weighted by Crippen LogP contribution is -2.59. The quantitative estimate of drug-likeness (QED) is 0.546. The van der Waals surface area contributed by atoms with Crippen LogP contribution in [-0.2, 0) is 27.1 Å². The number of hydrogen-bond donors (Lipinski definition) is 1. The van der Waals surface area contributed by atoms with Crippen LogP contribution in [0.2, 0.25) is 0 Å². The molecule has 0 saturated carbocycles. The van der Waals surface area contributed by atoms with Gasteiger partial charge in [0.05, 0.1) is 24.4 Å². The number of hydroxylamine groups is 1. The summed E-state index contributed by atoms with van der Waals surface area (Å²) in [5.74, 6) is -0.446. The molecule has 0 radical (unpaired) electrons. The second kappa shape index (κ2) is 8.25. The maximum atomic E-state index is 15.2. The highest BCUT2D eigenvalue weighted by molar-refractivity contribution is 5.79. The lowest BCUT2D eigenvalue weighted by atomic mass is 9.86. The number of amides is 1. The average Bonchev–Trinajstić information content (AvgIpc) is 3.23. The summed E-state index contributed by atoms with van der Waals surface area (Å²) in [6, 6.07) is 8.39. The SMILES string of the molecule is CC(C)C(=O)N1CC(F)(c2ccc(C3=CC(c4cccc(C(F)(F)F)c4)(C(F)(F)F)ON3)cc2)C1. The largest absolute Gasteiger partial charge is 0.428 e. The van der Waals surface area contributed by atoms with Gasteiger partial charge in [0.25, 0.3) is 0 Å². The third kappa shape index (κ3) is 4.37. The summed E-state index contributed by atoms with van der Waals surface area (Å²) in [5, 5.41) is 0. The molecule has 4 rings (SSSR count). The first kappa shape index (κ1) is 25.0. The Morgan fingerprint density at radius 2 is 1.63 bits per heavy atom. The second-order valence-electron chi connectivity index (χ2n) is 8.97. The Bertz CT molecular complexity index is 1150. The van der Waals surface area contributed by atoms with Crippen molar-refractivity contribution < 1.29 is 40.4 Å². The minimum atomic E-state index is -5.09. The van der Waals surface area contributed by atoms with Gasteiger partial charge in [0.1, 0.15) is 0 Å². The molecule has 0 spiro atoms. The van der Waals surface area contributed by atoms with Gasteiger partial charge in [-0.2, -0.15) is 26.3 Å². The molecule has 2 heterocycles. The van der Waals surface area contributed by atoms with E-state index in [-0.39, 0.29) is 41.7 Å². The number of likely N-dealkylation sites (tertiary alicyclic amines) is 1. The maximum Gasteiger partial charge on any atom is 0.428 e. The van der Waals surface area contributed by atoms with Crippen LogP contribution in [-0.4, -0.2) is 30.1 Å². The molecule has 4 nitrogen and oxygen atoms in total. The standard InChI is InChI=1S/C24H21F7N2O2/c1-14(2)20(34)33-12-21(25,13-33)16-8-6-15(7-9-16)19-11-22(35-32-19,24(29,30)31)17-4-3-5-18(10-17)23(26,27)28/h3-11,14,32H,12-13H2,1-2H3. The molecule has 0 aliphatic carbocycles. The minimum Gasteiger partial charge on any atom is -0.335 e. The molecule has 2 aromatic carbocycles. The molecule has 1 atom stereocenters. The molecule has 11 heteroatoms. The minimum absolute atomic E-state index is 0.125. The Hall–Kier alpha value is -3.08. The summed E-state index contributed by atoms with van der Waals surface area (Å²) in [6.07, 6.45) is -9.27. The van der Waals surface area contributed by atoms with Crippen LogP contribution in [0, 0.1) is 5.92 Å². The predicted molar refractivity (Wildman–Crippen MR) is 112 cm³/mol. The number of rotatable bonds is 4. The normalized spacial score (nSPS) is 22.0. The molecule has 1 N–H and O–H groups in total. The Kier molecular flexibility index (Phi) is 5.90. The zero-order chi connectivity index (χ0) is 25.8. The fourth-order valence-corrected chi connectivity index (χ4v) is 4.12. The number of alkyl halides is 7. The van der Waals surface area contributed by atoms with Crippen LogP contribution in [0.3, 0.4) is 0 Å². The first-order valence-corrected chi connectivity index (χ1v) is 10.7. The van der Waals surface area contributed by atoms with Crippen molar-refractivity contribution in [3.05, 3.63) is 76.9 Å². The van der Waals surface area contributed by atoms with Crippen LogP contribution >= 0.6 is 0 Å². The van der Waals surface area contributed by atoms with E-state index >= 15 is 4.39 Å². The molecule has 1 saturated heterocycles. The number of nitrogens with one attached hydrogen (secondary N) is 1. The van der Waals surface area contributed by atoms with E-state index in [1.54, 1.807) is 13.8 Å². The summed E-state index contributed by atoms with van der Waals surface area (Å²) in [4.78, 5) is 18.2. The van der Waals surface area contributed by atoms with Gasteiger partial charge < -0.3 is 4.90 Å². The molecule has 0 aromatic heterocycles. The summed E-state index contributed by atoms with van der Waals surface area (Å²) in [7, 11) is 0. The summed E-state index contributed by atoms with van der Waals surface area (Å²) in [5.41, 5.74) is -4.42. The monoisotopic (exact) mass is 502 g/mol. The molecule has 1 unspecified atom stereocenters. The third-order valence-electron chi connectivity index (χ3n) is 6.11. The first-order chi connectivity index (χ1) is 16.2. The fourth-order valence-electron chi connectivity index (χ4n) is 4.12. The van der Waals surface area contributed by atoms with Gasteiger partial charge in [-0.25, -0.2) is 4.39 Å². The van der Waals surface area contributed by atoms with Crippen molar-refractivity contribution in [3.8, 4) is 0 Å². The summed E-state index contributed by atoms with van der Waals surface area (Å²) >= 11 is 0. The molecular weight excluding hydrogens is 481 g/mol. The van der Waals surface area contributed by atoms with Crippen LogP contribution in [0.25, 0.3) is 5.70 Å². The van der Waals surface area contributed by atoms with E-state index in [2.05, 4.69) is 5.48 Å². The Labute approximate surface area is 196 Å². The van der Waals surface area contributed by atoms with Gasteiger partial charge in [0.2, 0.25) is 11.5 Å². The number of benzene rings is 2. The number of carbonyl (C=O) groups is 1. The third-order valence-corrected chi connectivity index (χ3v) is 6.11. The molecule has 188 valence electrons. The molecule has 2 aliphatic heterocycles. The van der Waals surface area contributed by atoms with Gasteiger partial charge in [-0.1, -0.05) is 50.2 Å². The highest BCUT2D eigenvalue weighted by atomic mass is 19.4. The molecule has 1 fully saturated rings. The van der Waals surface area contributed by atoms with Crippen molar-refractivity contribution in [3.63, 3.8) is 0 Å². The van der Waals surface area contributed by atoms with E-state index in [0.717, 1.165) is 12.1 Å². The van der Waals surface area contributed by atoms with Gasteiger partial charge in [-0.05, 0) is 29.3 Å². The summed E-state index contributed by atoms with van der Waals surface area (Å²) in [6.45, 7) is 3.17. The van der Waals surface area contributed by atoms with Crippen molar-refractivity contribution in [2.24, 2.45) is 5.92 Å². The van der Waals surface area contributed by atoms with Gasteiger partial charge >= 0.3 is 12.4 Å². The maximum absolute atomic E-state index is 15.2. The number of hydrogen-bond acceptors (Lipinski definition) is 3. The van der Waals surface area contributed by atoms with Crippen molar-refractivity contribution in [2.75, 3.05) is 13.1 Å².